The van der Waals surface area contributed by atoms with Gasteiger partial charge in [0.1, 0.15) is 13.7 Å². The molecule has 3 aromatic carbocycles. The molecule has 0 aliphatic rings. The van der Waals surface area contributed by atoms with Crippen LogP contribution in [0.25, 0.3) is 5.69 Å². The SMILES string of the molecule is BCC(c1cccc(C(F)(F)F)c1)c1cccc(C(F)(F)F)c1.Fc1ccc(-n2ccnc2)c(Cl)c1. The lowest BCUT2D eigenvalue weighted by atomic mass is 9.80. The Morgan fingerprint density at radius 1 is 0.833 bits per heavy atom. The minimum Gasteiger partial charge on any atom is -0.305 e. The van der Waals surface area contributed by atoms with Gasteiger partial charge in [-0.15, -0.1) is 0 Å². The highest BCUT2D eigenvalue weighted by Gasteiger charge is 2.32. The number of imidazole rings is 1. The molecule has 1 aromatic heterocycles. The summed E-state index contributed by atoms with van der Waals surface area (Å²) in [5.41, 5.74) is -0.190. The number of hydrogen-bond acceptors (Lipinski definition) is 1. The molecule has 188 valence electrons. The zero-order valence-electron chi connectivity index (χ0n) is 18.8. The fourth-order valence-electron chi connectivity index (χ4n) is 3.62. The van der Waals surface area contributed by atoms with E-state index < -0.39 is 29.4 Å². The van der Waals surface area contributed by atoms with E-state index in [2.05, 4.69) is 4.98 Å². The largest absolute Gasteiger partial charge is 0.416 e. The third kappa shape index (κ3) is 6.90. The van der Waals surface area contributed by atoms with Crippen molar-refractivity contribution in [2.45, 2.75) is 24.6 Å². The van der Waals surface area contributed by atoms with Crippen LogP contribution in [-0.4, -0.2) is 17.4 Å². The minimum atomic E-state index is -4.48. The summed E-state index contributed by atoms with van der Waals surface area (Å²) in [7, 11) is 1.73. The molecular formula is C25H19BClF7N2. The Morgan fingerprint density at radius 2 is 1.39 bits per heavy atom. The van der Waals surface area contributed by atoms with Gasteiger partial charge in [0.15, 0.2) is 0 Å². The zero-order chi connectivity index (χ0) is 26.5. The van der Waals surface area contributed by atoms with Gasteiger partial charge in [-0.05, 0) is 41.5 Å². The predicted octanol–water partition coefficient (Wildman–Crippen LogP) is 7.57. The van der Waals surface area contributed by atoms with Crippen LogP contribution in [0.5, 0.6) is 0 Å². The molecule has 4 aromatic rings. The van der Waals surface area contributed by atoms with E-state index in [4.69, 9.17) is 11.6 Å². The Bertz CT molecular complexity index is 1230. The van der Waals surface area contributed by atoms with Gasteiger partial charge in [-0.2, -0.15) is 26.3 Å². The number of alkyl halides is 6. The highest BCUT2D eigenvalue weighted by atomic mass is 35.5. The number of benzene rings is 3. The summed E-state index contributed by atoms with van der Waals surface area (Å²) in [6.45, 7) is 0. The third-order valence-corrected chi connectivity index (χ3v) is 5.64. The highest BCUT2D eigenvalue weighted by molar-refractivity contribution is 6.32. The maximum absolute atomic E-state index is 12.8. The lowest BCUT2D eigenvalue weighted by Gasteiger charge is -2.19. The van der Waals surface area contributed by atoms with Gasteiger partial charge in [0, 0.05) is 18.3 Å². The fourth-order valence-corrected chi connectivity index (χ4v) is 3.88. The summed E-state index contributed by atoms with van der Waals surface area (Å²) in [5.74, 6) is -0.867. The molecule has 0 unspecified atom stereocenters. The van der Waals surface area contributed by atoms with Crippen LogP contribution in [-0.2, 0) is 12.4 Å². The van der Waals surface area contributed by atoms with E-state index in [9.17, 15) is 30.7 Å². The van der Waals surface area contributed by atoms with Crippen molar-refractivity contribution < 1.29 is 30.7 Å². The molecule has 1 heterocycles. The Hall–Kier alpha value is -3.27. The van der Waals surface area contributed by atoms with Crippen molar-refractivity contribution in [1.82, 2.24) is 9.55 Å². The van der Waals surface area contributed by atoms with Gasteiger partial charge in [-0.25, -0.2) is 9.37 Å². The molecule has 11 heteroatoms. The average molecular weight is 527 g/mol. The smallest absolute Gasteiger partial charge is 0.305 e. The van der Waals surface area contributed by atoms with E-state index in [1.165, 1.54) is 36.4 Å². The van der Waals surface area contributed by atoms with E-state index in [1.807, 2.05) is 0 Å². The minimum absolute atomic E-state index is 0.339. The number of aromatic nitrogens is 2. The van der Waals surface area contributed by atoms with Crippen LogP contribution in [0.4, 0.5) is 30.7 Å². The number of rotatable bonds is 4. The summed E-state index contributed by atoms with van der Waals surface area (Å²) in [5, 5.41) is 0.373. The standard InChI is InChI=1S/C16H13BF6.C9H6ClFN2/c17-9-14(10-3-1-5-12(7-10)15(18,19)20)11-4-2-6-13(8-11)16(21,22)23;10-8-5-7(11)1-2-9(8)13-4-3-12-6-13/h1-8,14H,9,17H2;1-6H. The molecule has 2 nitrogen and oxygen atoms in total. The molecule has 0 bridgehead atoms. The van der Waals surface area contributed by atoms with Crippen molar-refractivity contribution in [1.29, 1.82) is 0 Å². The van der Waals surface area contributed by atoms with E-state index in [1.54, 1.807) is 37.2 Å². The van der Waals surface area contributed by atoms with E-state index in [0.29, 0.717) is 22.5 Å². The number of nitrogens with zero attached hydrogens (tertiary/aromatic N) is 2. The first-order chi connectivity index (χ1) is 16.9. The van der Waals surface area contributed by atoms with Crippen LogP contribution < -0.4 is 0 Å². The normalized spacial score (nSPS) is 11.8. The maximum Gasteiger partial charge on any atom is 0.416 e. The molecule has 0 radical (unpaired) electrons. The summed E-state index contributed by atoms with van der Waals surface area (Å²) >= 11 is 5.83. The van der Waals surface area contributed by atoms with Crippen molar-refractivity contribution in [3.63, 3.8) is 0 Å². The number of hydrogen-bond donors (Lipinski definition) is 0. The van der Waals surface area contributed by atoms with Gasteiger partial charge in [0.25, 0.3) is 0 Å². The summed E-state index contributed by atoms with van der Waals surface area (Å²) < 4.78 is 91.3. The Balaban J connectivity index is 0.000000233. The van der Waals surface area contributed by atoms with Gasteiger partial charge in [-0.3, -0.25) is 0 Å². The van der Waals surface area contributed by atoms with Crippen LogP contribution in [0.2, 0.25) is 11.3 Å². The van der Waals surface area contributed by atoms with Crippen molar-refractivity contribution >= 4 is 19.4 Å². The topological polar surface area (TPSA) is 17.8 Å². The van der Waals surface area contributed by atoms with E-state index in [-0.39, 0.29) is 5.82 Å². The predicted molar refractivity (Wildman–Crippen MR) is 127 cm³/mol. The second-order valence-electron chi connectivity index (χ2n) is 7.77. The average Bonchev–Trinajstić information content (AvgIpc) is 3.34. The molecule has 0 amide bonds. The summed E-state index contributed by atoms with van der Waals surface area (Å²) in [6.07, 6.45) is -3.58. The molecule has 0 aliphatic heterocycles. The van der Waals surface area contributed by atoms with E-state index >= 15 is 0 Å². The fraction of sp³-hybridized carbons (Fsp3) is 0.160. The van der Waals surface area contributed by atoms with Gasteiger partial charge in [0.05, 0.1) is 28.2 Å². The molecule has 0 atom stereocenters. The second-order valence-corrected chi connectivity index (χ2v) is 8.18. The highest BCUT2D eigenvalue weighted by Crippen LogP contribution is 2.36. The first-order valence-electron chi connectivity index (χ1n) is 10.7. The lowest BCUT2D eigenvalue weighted by molar-refractivity contribution is -0.138. The Kier molecular flexibility index (Phi) is 8.50. The van der Waals surface area contributed by atoms with Gasteiger partial charge < -0.3 is 4.57 Å². The van der Waals surface area contributed by atoms with Crippen molar-refractivity contribution in [3.05, 3.63) is 119 Å². The maximum atomic E-state index is 12.8. The lowest BCUT2D eigenvalue weighted by Crippen LogP contribution is -2.09. The third-order valence-electron chi connectivity index (χ3n) is 5.33. The Morgan fingerprint density at radius 3 is 1.81 bits per heavy atom. The van der Waals surface area contributed by atoms with Crippen LogP contribution in [0.15, 0.2) is 85.5 Å². The second kappa shape index (κ2) is 11.2. The summed E-state index contributed by atoms with van der Waals surface area (Å²) in [4.78, 5) is 3.87. The van der Waals surface area contributed by atoms with Crippen LogP contribution in [0.1, 0.15) is 28.2 Å². The zero-order valence-corrected chi connectivity index (χ0v) is 19.5. The molecule has 0 N–H and O–H groups in total. The van der Waals surface area contributed by atoms with E-state index in [0.717, 1.165) is 30.0 Å². The van der Waals surface area contributed by atoms with Crippen molar-refractivity contribution in [2.75, 3.05) is 0 Å². The molecule has 0 fully saturated rings. The molecule has 36 heavy (non-hydrogen) atoms. The molecule has 0 saturated carbocycles. The molecule has 4 rings (SSSR count). The molecular weight excluding hydrogens is 508 g/mol. The monoisotopic (exact) mass is 526 g/mol. The van der Waals surface area contributed by atoms with Gasteiger partial charge >= 0.3 is 12.4 Å². The number of halogens is 8. The summed E-state index contributed by atoms with van der Waals surface area (Å²) in [6, 6.07) is 13.7. The van der Waals surface area contributed by atoms with Gasteiger partial charge in [0.2, 0.25) is 0 Å². The van der Waals surface area contributed by atoms with Crippen LogP contribution >= 0.6 is 11.6 Å². The molecule has 0 aliphatic carbocycles. The molecule has 0 saturated heterocycles. The first kappa shape index (κ1) is 27.3. The first-order valence-corrected chi connectivity index (χ1v) is 11.1. The van der Waals surface area contributed by atoms with Crippen LogP contribution in [0.3, 0.4) is 0 Å². The molecule has 0 spiro atoms. The van der Waals surface area contributed by atoms with Crippen molar-refractivity contribution in [3.8, 4) is 5.69 Å². The Labute approximate surface area is 208 Å². The van der Waals surface area contributed by atoms with Crippen LogP contribution in [0, 0.1) is 5.82 Å². The van der Waals surface area contributed by atoms with Crippen molar-refractivity contribution in [2.24, 2.45) is 0 Å². The quantitative estimate of drug-likeness (QED) is 0.198. The van der Waals surface area contributed by atoms with Gasteiger partial charge in [-0.1, -0.05) is 54.3 Å².